The molecule has 1 saturated carbocycles. The summed E-state index contributed by atoms with van der Waals surface area (Å²) in [4.78, 5) is 7.84. The molecular weight excluding hydrogens is 178 g/mol. The molecule has 14 heavy (non-hydrogen) atoms. The summed E-state index contributed by atoms with van der Waals surface area (Å²) in [5, 5.41) is 0. The maximum Gasteiger partial charge on any atom is 0.240 e. The van der Waals surface area contributed by atoms with Crippen LogP contribution in [0.1, 0.15) is 32.1 Å². The summed E-state index contributed by atoms with van der Waals surface area (Å²) in [5.41, 5.74) is 6.21. The molecule has 0 unspecified atom stereocenters. The average molecular weight is 193 g/mol. The fourth-order valence-electron chi connectivity index (χ4n) is 1.77. The molecule has 0 radical (unpaired) electrons. The summed E-state index contributed by atoms with van der Waals surface area (Å²) >= 11 is 0. The topological polar surface area (TPSA) is 61.0 Å². The number of nitrogen functional groups attached to an aromatic ring is 1. The zero-order valence-corrected chi connectivity index (χ0v) is 8.15. The van der Waals surface area contributed by atoms with Crippen molar-refractivity contribution in [3.8, 4) is 5.88 Å². The molecule has 1 aliphatic rings. The molecule has 4 heteroatoms. The molecule has 1 aromatic heterocycles. The standard InChI is InChI=1S/C10H15N3O/c11-9-6-12-7-13-10(9)14-8-4-2-1-3-5-8/h6-8H,1-5,11H2. The van der Waals surface area contributed by atoms with Crippen molar-refractivity contribution in [3.05, 3.63) is 12.5 Å². The van der Waals surface area contributed by atoms with Crippen LogP contribution < -0.4 is 10.5 Å². The summed E-state index contributed by atoms with van der Waals surface area (Å²) in [6, 6.07) is 0. The van der Waals surface area contributed by atoms with Gasteiger partial charge in [-0.3, -0.25) is 0 Å². The van der Waals surface area contributed by atoms with Crippen molar-refractivity contribution in [1.29, 1.82) is 0 Å². The predicted molar refractivity (Wildman–Crippen MR) is 53.9 cm³/mol. The number of hydrogen-bond donors (Lipinski definition) is 1. The van der Waals surface area contributed by atoms with Gasteiger partial charge in [-0.25, -0.2) is 4.98 Å². The van der Waals surface area contributed by atoms with Gasteiger partial charge in [0.1, 0.15) is 18.1 Å². The van der Waals surface area contributed by atoms with E-state index in [1.807, 2.05) is 0 Å². The van der Waals surface area contributed by atoms with E-state index in [2.05, 4.69) is 9.97 Å². The van der Waals surface area contributed by atoms with Crippen molar-refractivity contribution in [2.75, 3.05) is 5.73 Å². The number of aromatic nitrogens is 2. The Morgan fingerprint density at radius 2 is 2.07 bits per heavy atom. The van der Waals surface area contributed by atoms with E-state index in [1.165, 1.54) is 25.6 Å². The second-order valence-corrected chi connectivity index (χ2v) is 3.66. The van der Waals surface area contributed by atoms with Crippen molar-refractivity contribution >= 4 is 5.69 Å². The molecule has 1 heterocycles. The van der Waals surface area contributed by atoms with Crippen molar-refractivity contribution in [2.24, 2.45) is 0 Å². The molecule has 1 aromatic rings. The molecule has 76 valence electrons. The van der Waals surface area contributed by atoms with E-state index in [0.29, 0.717) is 17.7 Å². The zero-order valence-electron chi connectivity index (χ0n) is 8.15. The van der Waals surface area contributed by atoms with Crippen molar-refractivity contribution in [2.45, 2.75) is 38.2 Å². The first kappa shape index (κ1) is 9.24. The highest BCUT2D eigenvalue weighted by Crippen LogP contribution is 2.24. The van der Waals surface area contributed by atoms with Crippen molar-refractivity contribution in [3.63, 3.8) is 0 Å². The first-order valence-corrected chi connectivity index (χ1v) is 5.08. The molecule has 0 aromatic carbocycles. The molecule has 2 rings (SSSR count). The van der Waals surface area contributed by atoms with Crippen LogP contribution in [0.5, 0.6) is 5.88 Å². The number of nitrogens with zero attached hydrogens (tertiary/aromatic N) is 2. The van der Waals surface area contributed by atoms with Gasteiger partial charge in [0.15, 0.2) is 0 Å². The van der Waals surface area contributed by atoms with E-state index < -0.39 is 0 Å². The van der Waals surface area contributed by atoms with Gasteiger partial charge >= 0.3 is 0 Å². The van der Waals surface area contributed by atoms with E-state index in [1.54, 1.807) is 6.20 Å². The smallest absolute Gasteiger partial charge is 0.240 e. The molecule has 1 aliphatic carbocycles. The molecule has 2 N–H and O–H groups in total. The van der Waals surface area contributed by atoms with Crippen LogP contribution in [0.25, 0.3) is 0 Å². The van der Waals surface area contributed by atoms with Crippen LogP contribution in [0.15, 0.2) is 12.5 Å². The van der Waals surface area contributed by atoms with Crippen LogP contribution in [0.4, 0.5) is 5.69 Å². The molecule has 1 fully saturated rings. The summed E-state index contributed by atoms with van der Waals surface area (Å²) in [6.45, 7) is 0. The lowest BCUT2D eigenvalue weighted by Crippen LogP contribution is -2.20. The Hall–Kier alpha value is -1.32. The number of hydrogen-bond acceptors (Lipinski definition) is 4. The fraction of sp³-hybridized carbons (Fsp3) is 0.600. The summed E-state index contributed by atoms with van der Waals surface area (Å²) in [7, 11) is 0. The highest BCUT2D eigenvalue weighted by atomic mass is 16.5. The largest absolute Gasteiger partial charge is 0.473 e. The second-order valence-electron chi connectivity index (χ2n) is 3.66. The lowest BCUT2D eigenvalue weighted by atomic mass is 9.98. The van der Waals surface area contributed by atoms with Crippen LogP contribution in [-0.4, -0.2) is 16.1 Å². The first-order valence-electron chi connectivity index (χ1n) is 5.08. The average Bonchev–Trinajstić information content (AvgIpc) is 2.23. The Balaban J connectivity index is 1.99. The molecule has 4 nitrogen and oxygen atoms in total. The molecule has 0 amide bonds. The first-order chi connectivity index (χ1) is 6.86. The van der Waals surface area contributed by atoms with Gasteiger partial charge < -0.3 is 10.5 Å². The molecule has 0 atom stereocenters. The van der Waals surface area contributed by atoms with Gasteiger partial charge in [-0.05, 0) is 25.7 Å². The SMILES string of the molecule is Nc1cncnc1OC1CCCCC1. The van der Waals surface area contributed by atoms with E-state index in [0.717, 1.165) is 12.8 Å². The fourth-order valence-corrected chi connectivity index (χ4v) is 1.77. The van der Waals surface area contributed by atoms with Gasteiger partial charge in [-0.15, -0.1) is 0 Å². The normalized spacial score (nSPS) is 18.0. The van der Waals surface area contributed by atoms with Crippen LogP contribution >= 0.6 is 0 Å². The van der Waals surface area contributed by atoms with Gasteiger partial charge in [0.05, 0.1) is 6.20 Å². The van der Waals surface area contributed by atoms with E-state index in [4.69, 9.17) is 10.5 Å². The minimum absolute atomic E-state index is 0.293. The Morgan fingerprint density at radius 1 is 1.29 bits per heavy atom. The van der Waals surface area contributed by atoms with Crippen LogP contribution in [-0.2, 0) is 0 Å². The lowest BCUT2D eigenvalue weighted by molar-refractivity contribution is 0.149. The van der Waals surface area contributed by atoms with Crippen LogP contribution in [0.3, 0.4) is 0 Å². The van der Waals surface area contributed by atoms with Crippen molar-refractivity contribution < 1.29 is 4.74 Å². The monoisotopic (exact) mass is 193 g/mol. The van der Waals surface area contributed by atoms with E-state index in [9.17, 15) is 0 Å². The van der Waals surface area contributed by atoms with Gasteiger partial charge in [0.25, 0.3) is 0 Å². The van der Waals surface area contributed by atoms with Gasteiger partial charge in [-0.1, -0.05) is 6.42 Å². The molecular formula is C10H15N3O. The Morgan fingerprint density at radius 3 is 2.79 bits per heavy atom. The number of anilines is 1. The minimum Gasteiger partial charge on any atom is -0.473 e. The summed E-state index contributed by atoms with van der Waals surface area (Å²) in [6.07, 6.45) is 9.37. The quantitative estimate of drug-likeness (QED) is 0.777. The lowest BCUT2D eigenvalue weighted by Gasteiger charge is -2.22. The summed E-state index contributed by atoms with van der Waals surface area (Å²) in [5.74, 6) is 0.534. The van der Waals surface area contributed by atoms with Crippen molar-refractivity contribution in [1.82, 2.24) is 9.97 Å². The predicted octanol–water partition coefficient (Wildman–Crippen LogP) is 1.77. The Bertz CT molecular complexity index is 297. The number of rotatable bonds is 2. The molecule has 0 bridgehead atoms. The Kier molecular flexibility index (Phi) is 2.81. The highest BCUT2D eigenvalue weighted by Gasteiger charge is 2.16. The minimum atomic E-state index is 0.293. The van der Waals surface area contributed by atoms with Crippen LogP contribution in [0, 0.1) is 0 Å². The second kappa shape index (κ2) is 4.26. The molecule has 0 saturated heterocycles. The molecule has 0 aliphatic heterocycles. The maximum absolute atomic E-state index is 5.71. The third-order valence-corrected chi connectivity index (χ3v) is 2.53. The summed E-state index contributed by atoms with van der Waals surface area (Å²) < 4.78 is 5.71. The van der Waals surface area contributed by atoms with Gasteiger partial charge in [-0.2, -0.15) is 4.98 Å². The third-order valence-electron chi connectivity index (χ3n) is 2.53. The zero-order chi connectivity index (χ0) is 9.80. The Labute approximate surface area is 83.5 Å². The van der Waals surface area contributed by atoms with Crippen LogP contribution in [0.2, 0.25) is 0 Å². The van der Waals surface area contributed by atoms with E-state index in [-0.39, 0.29) is 0 Å². The molecule has 0 spiro atoms. The maximum atomic E-state index is 5.71. The number of ether oxygens (including phenoxy) is 1. The highest BCUT2D eigenvalue weighted by molar-refractivity contribution is 5.44. The van der Waals surface area contributed by atoms with Gasteiger partial charge in [0, 0.05) is 0 Å². The van der Waals surface area contributed by atoms with Gasteiger partial charge in [0.2, 0.25) is 5.88 Å². The third kappa shape index (κ3) is 2.13. The van der Waals surface area contributed by atoms with E-state index >= 15 is 0 Å². The number of nitrogens with two attached hydrogens (primary N) is 1.